The molecular formula is C31H47Cl2N9O4. The highest BCUT2D eigenvalue weighted by molar-refractivity contribution is 5.90. The van der Waals surface area contributed by atoms with Gasteiger partial charge in [0.1, 0.15) is 0 Å². The van der Waals surface area contributed by atoms with E-state index in [0.29, 0.717) is 54.1 Å². The first-order chi connectivity index (χ1) is 21.4. The Balaban J connectivity index is 0.00000240. The Kier molecular flexibility index (Phi) is 12.3. The van der Waals surface area contributed by atoms with E-state index < -0.39 is 0 Å². The monoisotopic (exact) mass is 679 g/mol. The Bertz CT molecular complexity index is 1430. The molecule has 3 aromatic rings. The van der Waals surface area contributed by atoms with Crippen LogP contribution in [0.3, 0.4) is 0 Å². The zero-order chi connectivity index (χ0) is 30.6. The lowest BCUT2D eigenvalue weighted by Gasteiger charge is -2.33. The van der Waals surface area contributed by atoms with Crippen molar-refractivity contribution in [3.8, 4) is 17.2 Å². The average molecular weight is 681 g/mol. The van der Waals surface area contributed by atoms with E-state index in [0.717, 1.165) is 68.3 Å². The number of carbonyl (C=O) groups excluding carboxylic acids is 1. The molecule has 0 unspecified atom stereocenters. The predicted octanol–water partition coefficient (Wildman–Crippen LogP) is 5.60. The number of fused-ring (bicyclic) bond motifs is 1. The van der Waals surface area contributed by atoms with Crippen molar-refractivity contribution in [2.24, 2.45) is 5.73 Å². The number of ether oxygens (including phenoxy) is 3. The summed E-state index contributed by atoms with van der Waals surface area (Å²) in [6.45, 7) is 1.21. The second kappa shape index (κ2) is 15.9. The summed E-state index contributed by atoms with van der Waals surface area (Å²) in [7, 11) is 4.65. The standard InChI is InChI=1S/C31H45N9O4.2ClH/c1-42-24-16-22(17-25(43-2)27(24)44-3)36-31(41)39-14-12-21(13-15-39)34-28-26-29(40(18-33-26)23-6-4-5-7-23)38-30(37-28)35-20-10-8-19(32)9-11-20;;/h16-21,23H,4-15,32H2,1-3H3,(H,36,41)(H2,34,35,37,38);2*1H. The molecule has 46 heavy (non-hydrogen) atoms. The van der Waals surface area contributed by atoms with E-state index in [1.807, 2.05) is 11.2 Å². The van der Waals surface area contributed by atoms with Gasteiger partial charge in [-0.15, -0.1) is 24.8 Å². The lowest BCUT2D eigenvalue weighted by molar-refractivity contribution is 0.197. The molecule has 3 heterocycles. The van der Waals surface area contributed by atoms with E-state index in [9.17, 15) is 4.79 Å². The van der Waals surface area contributed by atoms with Gasteiger partial charge in [-0.25, -0.2) is 9.78 Å². The summed E-state index contributed by atoms with van der Waals surface area (Å²) < 4.78 is 18.5. The molecule has 0 bridgehead atoms. The molecule has 3 aliphatic rings. The summed E-state index contributed by atoms with van der Waals surface area (Å²) in [6.07, 6.45) is 12.3. The third-order valence-electron chi connectivity index (χ3n) is 9.28. The molecule has 3 fully saturated rings. The normalized spacial score (nSPS) is 20.4. The van der Waals surface area contributed by atoms with Gasteiger partial charge in [0.05, 0.1) is 33.3 Å². The maximum Gasteiger partial charge on any atom is 0.321 e. The van der Waals surface area contributed by atoms with Crippen molar-refractivity contribution in [2.45, 2.75) is 88.4 Å². The number of aromatic nitrogens is 4. The number of imidazole rings is 1. The first-order valence-electron chi connectivity index (χ1n) is 15.8. The van der Waals surface area contributed by atoms with E-state index in [4.69, 9.17) is 34.9 Å². The Morgan fingerprint density at radius 3 is 2.09 bits per heavy atom. The summed E-state index contributed by atoms with van der Waals surface area (Å²) >= 11 is 0. The number of rotatable bonds is 9. The van der Waals surface area contributed by atoms with Gasteiger partial charge in [0.15, 0.2) is 28.5 Å². The molecule has 13 nitrogen and oxygen atoms in total. The number of halogens is 2. The third-order valence-corrected chi connectivity index (χ3v) is 9.28. The minimum absolute atomic E-state index is 0. The maximum atomic E-state index is 13.2. The SMILES string of the molecule is COc1cc(NC(=O)N2CCC(Nc3nc(NC4CCC(N)CC4)nc4c3ncn4C3CCCC3)CC2)cc(OC)c1OC.Cl.Cl. The number of urea groups is 1. The highest BCUT2D eigenvalue weighted by atomic mass is 35.5. The number of nitrogens with two attached hydrogens (primary N) is 1. The van der Waals surface area contributed by atoms with Gasteiger partial charge in [-0.2, -0.15) is 9.97 Å². The number of hydrogen-bond acceptors (Lipinski definition) is 10. The van der Waals surface area contributed by atoms with Crippen LogP contribution in [0.4, 0.5) is 22.2 Å². The fourth-order valence-corrected chi connectivity index (χ4v) is 6.75. The van der Waals surface area contributed by atoms with Crippen LogP contribution in [0.2, 0.25) is 0 Å². The minimum atomic E-state index is -0.170. The Morgan fingerprint density at radius 2 is 1.48 bits per heavy atom. The van der Waals surface area contributed by atoms with Gasteiger partial charge in [-0.3, -0.25) is 0 Å². The highest BCUT2D eigenvalue weighted by Crippen LogP contribution is 2.40. The van der Waals surface area contributed by atoms with E-state index in [2.05, 4.69) is 20.5 Å². The maximum absolute atomic E-state index is 13.2. The lowest BCUT2D eigenvalue weighted by Crippen LogP contribution is -2.44. The molecular weight excluding hydrogens is 633 g/mol. The van der Waals surface area contributed by atoms with Gasteiger partial charge in [0.2, 0.25) is 11.7 Å². The summed E-state index contributed by atoms with van der Waals surface area (Å²) in [6, 6.07) is 4.46. The summed E-state index contributed by atoms with van der Waals surface area (Å²) in [4.78, 5) is 29.7. The van der Waals surface area contributed by atoms with Gasteiger partial charge < -0.3 is 45.4 Å². The van der Waals surface area contributed by atoms with Crippen molar-refractivity contribution in [3.05, 3.63) is 18.5 Å². The highest BCUT2D eigenvalue weighted by Gasteiger charge is 2.27. The molecule has 1 aliphatic heterocycles. The number of likely N-dealkylation sites (tertiary alicyclic amines) is 1. The summed E-state index contributed by atoms with van der Waals surface area (Å²) in [5.74, 6) is 2.84. The quantitative estimate of drug-likeness (QED) is 0.225. The van der Waals surface area contributed by atoms with Crippen molar-refractivity contribution in [2.75, 3.05) is 50.4 Å². The second-order valence-corrected chi connectivity index (χ2v) is 12.2. The number of hydrogen-bond donors (Lipinski definition) is 4. The van der Waals surface area contributed by atoms with E-state index in [1.165, 1.54) is 12.8 Å². The molecule has 254 valence electrons. The zero-order valence-corrected chi connectivity index (χ0v) is 28.4. The Morgan fingerprint density at radius 1 is 0.848 bits per heavy atom. The fraction of sp³-hybridized carbons (Fsp3) is 0.613. The van der Waals surface area contributed by atoms with Crippen LogP contribution in [0.25, 0.3) is 11.2 Å². The number of nitrogens with zero attached hydrogens (tertiary/aromatic N) is 5. The molecule has 1 aromatic carbocycles. The van der Waals surface area contributed by atoms with Crippen LogP contribution in [-0.4, -0.2) is 83.0 Å². The number of benzene rings is 1. The molecule has 2 aromatic heterocycles. The smallest absolute Gasteiger partial charge is 0.321 e. The Hall–Kier alpha value is -3.42. The van der Waals surface area contributed by atoms with Crippen LogP contribution in [0.1, 0.15) is 70.3 Å². The number of amides is 2. The van der Waals surface area contributed by atoms with Crippen molar-refractivity contribution in [1.29, 1.82) is 0 Å². The predicted molar refractivity (Wildman–Crippen MR) is 185 cm³/mol. The fourth-order valence-electron chi connectivity index (χ4n) is 6.75. The number of piperidine rings is 1. The van der Waals surface area contributed by atoms with Crippen LogP contribution in [0, 0.1) is 0 Å². The summed E-state index contributed by atoms with van der Waals surface area (Å²) in [5.41, 5.74) is 8.40. The van der Waals surface area contributed by atoms with Gasteiger partial charge in [0, 0.05) is 49.4 Å². The molecule has 15 heteroatoms. The molecule has 2 amide bonds. The van der Waals surface area contributed by atoms with Crippen molar-refractivity contribution in [1.82, 2.24) is 24.4 Å². The van der Waals surface area contributed by atoms with Crippen LogP contribution >= 0.6 is 24.8 Å². The molecule has 2 aliphatic carbocycles. The molecule has 0 radical (unpaired) electrons. The molecule has 0 atom stereocenters. The first kappa shape index (κ1) is 35.4. The van der Waals surface area contributed by atoms with Crippen LogP contribution in [0.15, 0.2) is 18.5 Å². The Labute approximate surface area is 282 Å². The molecule has 2 saturated carbocycles. The number of carbonyl (C=O) groups is 1. The minimum Gasteiger partial charge on any atom is -0.493 e. The van der Waals surface area contributed by atoms with Crippen LogP contribution < -0.4 is 35.9 Å². The van der Waals surface area contributed by atoms with Gasteiger partial charge in [-0.1, -0.05) is 12.8 Å². The average Bonchev–Trinajstić information content (AvgIpc) is 3.72. The topological polar surface area (TPSA) is 154 Å². The lowest BCUT2D eigenvalue weighted by atomic mass is 9.92. The van der Waals surface area contributed by atoms with E-state index in [-0.39, 0.29) is 42.9 Å². The number of nitrogens with one attached hydrogen (secondary N) is 3. The van der Waals surface area contributed by atoms with Crippen LogP contribution in [0.5, 0.6) is 17.2 Å². The van der Waals surface area contributed by atoms with Crippen molar-refractivity contribution in [3.63, 3.8) is 0 Å². The number of methoxy groups -OCH3 is 3. The van der Waals surface area contributed by atoms with Gasteiger partial charge >= 0.3 is 6.03 Å². The molecule has 6 rings (SSSR count). The second-order valence-electron chi connectivity index (χ2n) is 12.2. The van der Waals surface area contributed by atoms with Gasteiger partial charge in [-0.05, 0) is 51.4 Å². The van der Waals surface area contributed by atoms with E-state index >= 15 is 0 Å². The largest absolute Gasteiger partial charge is 0.493 e. The van der Waals surface area contributed by atoms with E-state index in [1.54, 1.807) is 33.5 Å². The van der Waals surface area contributed by atoms with Crippen molar-refractivity contribution < 1.29 is 19.0 Å². The third kappa shape index (κ3) is 7.75. The number of anilines is 3. The summed E-state index contributed by atoms with van der Waals surface area (Å²) in [5, 5.41) is 10.3. The zero-order valence-electron chi connectivity index (χ0n) is 26.8. The molecule has 5 N–H and O–H groups in total. The van der Waals surface area contributed by atoms with Crippen LogP contribution in [-0.2, 0) is 0 Å². The van der Waals surface area contributed by atoms with Gasteiger partial charge in [0.25, 0.3) is 0 Å². The molecule has 0 spiro atoms. The molecule has 1 saturated heterocycles. The van der Waals surface area contributed by atoms with Crippen molar-refractivity contribution >= 4 is 59.5 Å². The first-order valence-corrected chi connectivity index (χ1v) is 15.8.